The Morgan fingerprint density at radius 3 is 2.48 bits per heavy atom. The molecule has 146 valence electrons. The van der Waals surface area contributed by atoms with E-state index in [1.165, 1.54) is 13.8 Å². The zero-order valence-corrected chi connectivity index (χ0v) is 14.3. The molecule has 3 heterocycles. The van der Waals surface area contributed by atoms with Crippen molar-refractivity contribution in [1.29, 1.82) is 0 Å². The van der Waals surface area contributed by atoms with E-state index in [0.29, 0.717) is 0 Å². The van der Waals surface area contributed by atoms with E-state index < -0.39 is 69.1 Å². The zero-order valence-electron chi connectivity index (χ0n) is 12.7. The lowest BCUT2D eigenvalue weighted by Crippen LogP contribution is -2.60. The minimum Gasteiger partial charge on any atom is -0.343 e. The molecule has 0 aromatic rings. The van der Waals surface area contributed by atoms with E-state index in [0.717, 1.165) is 0 Å². The fourth-order valence-corrected chi connectivity index (χ4v) is 4.18. The third kappa shape index (κ3) is 3.39. The van der Waals surface area contributed by atoms with Gasteiger partial charge in [0.15, 0.2) is 5.79 Å². The molecule has 15 heteroatoms. The summed E-state index contributed by atoms with van der Waals surface area (Å²) in [5, 5.41) is 0. The monoisotopic (exact) mass is 414 g/mol. The van der Waals surface area contributed by atoms with Crippen LogP contribution >= 0.6 is 0 Å². The van der Waals surface area contributed by atoms with E-state index in [4.69, 9.17) is 18.4 Å². The number of halogens is 3. The first-order valence-electron chi connectivity index (χ1n) is 6.76. The molecular weight excluding hydrogens is 401 g/mol. The Hall–Kier alpha value is -0.550. The van der Waals surface area contributed by atoms with Gasteiger partial charge in [0, 0.05) is 0 Å². The summed E-state index contributed by atoms with van der Waals surface area (Å²) in [6, 6.07) is 0. The molecule has 3 fully saturated rings. The van der Waals surface area contributed by atoms with Gasteiger partial charge in [-0.3, -0.25) is 4.18 Å². The molecule has 3 aliphatic heterocycles. The molecule has 3 rings (SSSR count). The first-order chi connectivity index (χ1) is 11.2. The van der Waals surface area contributed by atoms with Crippen LogP contribution in [0.3, 0.4) is 0 Å². The molecule has 25 heavy (non-hydrogen) atoms. The van der Waals surface area contributed by atoms with E-state index in [9.17, 15) is 30.0 Å². The van der Waals surface area contributed by atoms with Gasteiger partial charge in [-0.15, -0.1) is 0 Å². The van der Waals surface area contributed by atoms with Crippen molar-refractivity contribution in [3.05, 3.63) is 0 Å². The van der Waals surface area contributed by atoms with Crippen molar-refractivity contribution in [1.82, 2.24) is 0 Å². The molecule has 0 saturated carbocycles. The van der Waals surface area contributed by atoms with Crippen LogP contribution in [0.2, 0.25) is 0 Å². The summed E-state index contributed by atoms with van der Waals surface area (Å²) in [5.74, 6) is -3.58. The molecule has 0 aromatic heterocycles. The molecular formula is C10H13F3O10S2. The van der Waals surface area contributed by atoms with E-state index in [1.54, 1.807) is 0 Å². The van der Waals surface area contributed by atoms with Gasteiger partial charge < -0.3 is 14.2 Å². The summed E-state index contributed by atoms with van der Waals surface area (Å²) in [6.45, 7) is 1.05. The van der Waals surface area contributed by atoms with E-state index >= 15 is 0 Å². The molecule has 4 atom stereocenters. The third-order valence-corrected chi connectivity index (χ3v) is 5.52. The van der Waals surface area contributed by atoms with Gasteiger partial charge in [0.05, 0.1) is 6.61 Å². The number of fused-ring (bicyclic) bond motifs is 3. The lowest BCUT2D eigenvalue weighted by Gasteiger charge is -2.39. The van der Waals surface area contributed by atoms with Gasteiger partial charge in [-0.1, -0.05) is 0 Å². The summed E-state index contributed by atoms with van der Waals surface area (Å²) in [7, 11) is -10.3. The highest BCUT2D eigenvalue weighted by Gasteiger charge is 2.66. The Morgan fingerprint density at radius 2 is 1.88 bits per heavy atom. The van der Waals surface area contributed by atoms with Crippen molar-refractivity contribution in [3.8, 4) is 0 Å². The maximum absolute atomic E-state index is 12.4. The first kappa shape index (κ1) is 19.2. The van der Waals surface area contributed by atoms with Crippen LogP contribution in [-0.4, -0.2) is 65.4 Å². The Labute approximate surface area is 140 Å². The fourth-order valence-electron chi connectivity index (χ4n) is 2.72. The molecule has 0 aromatic carbocycles. The van der Waals surface area contributed by atoms with Gasteiger partial charge in [0.25, 0.3) is 0 Å². The summed E-state index contributed by atoms with van der Waals surface area (Å²) in [6.07, 6.45) is -3.85. The highest BCUT2D eigenvalue weighted by Crippen LogP contribution is 2.46. The summed E-state index contributed by atoms with van der Waals surface area (Å²) >= 11 is 0. The largest absolute Gasteiger partial charge is 0.523 e. The molecule has 10 nitrogen and oxygen atoms in total. The minimum atomic E-state index is -5.93. The minimum absolute atomic E-state index is 0.463. The van der Waals surface area contributed by atoms with Crippen LogP contribution < -0.4 is 0 Å². The Morgan fingerprint density at radius 1 is 1.24 bits per heavy atom. The summed E-state index contributed by atoms with van der Waals surface area (Å²) in [5.41, 5.74) is -5.65. The lowest BCUT2D eigenvalue weighted by molar-refractivity contribution is -0.291. The van der Waals surface area contributed by atoms with Gasteiger partial charge in [-0.2, -0.15) is 30.0 Å². The highest BCUT2D eigenvalue weighted by molar-refractivity contribution is 7.87. The quantitative estimate of drug-likeness (QED) is 0.451. The molecule has 0 aliphatic carbocycles. The fraction of sp³-hybridized carbons (Fsp3) is 1.00. The standard InChI is InChI=1S/C10H13F3O10S2/c1-8(2)20-7-6-5(21-25(16,17)22-6)3-18-9(7,23-8)4-19-24(14,15)10(11,12)13/h5-7H,3-4H2,1-2H3/t5-,6-,7+,9+/m1/s1. The van der Waals surface area contributed by atoms with Crippen molar-refractivity contribution in [2.45, 2.75) is 49.2 Å². The van der Waals surface area contributed by atoms with Crippen LogP contribution in [0.5, 0.6) is 0 Å². The van der Waals surface area contributed by atoms with Crippen molar-refractivity contribution in [3.63, 3.8) is 0 Å². The average molecular weight is 414 g/mol. The maximum Gasteiger partial charge on any atom is 0.523 e. The average Bonchev–Trinajstić information content (AvgIpc) is 2.87. The molecule has 3 aliphatic rings. The number of alkyl halides is 3. The SMILES string of the molecule is CC1(C)O[C@H]2[C@@H]3OS(=O)(=O)O[C@@H]3CO[C@@]2(COS(=O)(=O)C(F)(F)F)O1. The van der Waals surface area contributed by atoms with Crippen LogP contribution in [0, 0.1) is 0 Å². The van der Waals surface area contributed by atoms with Crippen LogP contribution in [0.1, 0.15) is 13.8 Å². The van der Waals surface area contributed by atoms with Crippen molar-refractivity contribution >= 4 is 20.5 Å². The zero-order chi connectivity index (χ0) is 18.9. The first-order valence-corrected chi connectivity index (χ1v) is 9.50. The van der Waals surface area contributed by atoms with Gasteiger partial charge >= 0.3 is 26.0 Å². The normalized spacial score (nSPS) is 39.8. The van der Waals surface area contributed by atoms with E-state index in [2.05, 4.69) is 8.37 Å². The van der Waals surface area contributed by atoms with Crippen molar-refractivity contribution < 1.29 is 56.8 Å². The number of hydrogen-bond donors (Lipinski definition) is 0. The Balaban J connectivity index is 1.88. The second-order valence-corrected chi connectivity index (χ2v) is 8.74. The third-order valence-electron chi connectivity index (χ3n) is 3.59. The van der Waals surface area contributed by atoms with Gasteiger partial charge in [0.1, 0.15) is 24.9 Å². The molecule has 0 unspecified atom stereocenters. The predicted octanol–water partition coefficient (Wildman–Crippen LogP) is -0.241. The molecule has 0 spiro atoms. The van der Waals surface area contributed by atoms with Crippen LogP contribution in [0.15, 0.2) is 0 Å². The second kappa shape index (κ2) is 5.48. The summed E-state index contributed by atoms with van der Waals surface area (Å²) in [4.78, 5) is 0. The maximum atomic E-state index is 12.4. The molecule has 3 saturated heterocycles. The lowest BCUT2D eigenvalue weighted by atomic mass is 9.98. The summed E-state index contributed by atoms with van der Waals surface area (Å²) < 4.78 is 112. The predicted molar refractivity (Wildman–Crippen MR) is 68.3 cm³/mol. The number of ether oxygens (including phenoxy) is 3. The Kier molecular flexibility index (Phi) is 4.21. The van der Waals surface area contributed by atoms with E-state index in [1.807, 2.05) is 0 Å². The molecule has 0 bridgehead atoms. The van der Waals surface area contributed by atoms with Crippen LogP contribution in [-0.2, 0) is 47.3 Å². The Bertz CT molecular complexity index is 760. The van der Waals surface area contributed by atoms with E-state index in [-0.39, 0.29) is 0 Å². The smallest absolute Gasteiger partial charge is 0.343 e. The van der Waals surface area contributed by atoms with Crippen LogP contribution in [0.4, 0.5) is 13.2 Å². The van der Waals surface area contributed by atoms with Crippen molar-refractivity contribution in [2.24, 2.45) is 0 Å². The molecule has 0 amide bonds. The number of rotatable bonds is 3. The van der Waals surface area contributed by atoms with Crippen LogP contribution in [0.25, 0.3) is 0 Å². The second-order valence-electron chi connectivity index (χ2n) is 5.93. The molecule has 0 radical (unpaired) electrons. The van der Waals surface area contributed by atoms with Gasteiger partial charge in [-0.05, 0) is 13.8 Å². The topological polar surface area (TPSA) is 124 Å². The van der Waals surface area contributed by atoms with Gasteiger partial charge in [0.2, 0.25) is 5.79 Å². The highest BCUT2D eigenvalue weighted by atomic mass is 32.3. The van der Waals surface area contributed by atoms with Gasteiger partial charge in [-0.25, -0.2) is 8.37 Å². The number of hydrogen-bond acceptors (Lipinski definition) is 10. The van der Waals surface area contributed by atoms with Crippen molar-refractivity contribution in [2.75, 3.05) is 13.2 Å². The molecule has 0 N–H and O–H groups in total.